The number of amides is 1. The topological polar surface area (TPSA) is 90.6 Å². The highest BCUT2D eigenvalue weighted by Crippen LogP contribution is 2.28. The molecule has 148 valence electrons. The lowest BCUT2D eigenvalue weighted by Crippen LogP contribution is -2.22. The lowest BCUT2D eigenvalue weighted by Gasteiger charge is -2.10. The normalized spacial score (nSPS) is 10.9. The molecule has 0 aliphatic carbocycles. The summed E-state index contributed by atoms with van der Waals surface area (Å²) >= 11 is 1.49. The molecule has 4 rings (SSSR count). The van der Waals surface area contributed by atoms with Crippen LogP contribution in [0.5, 0.6) is 11.5 Å². The third-order valence-corrected chi connectivity index (χ3v) is 5.39. The first-order valence-electron chi connectivity index (χ1n) is 8.87. The number of aromatic nitrogens is 4. The van der Waals surface area contributed by atoms with Gasteiger partial charge < -0.3 is 14.8 Å². The van der Waals surface area contributed by atoms with Crippen molar-refractivity contribution in [2.24, 2.45) is 0 Å². The minimum atomic E-state index is -0.181. The minimum Gasteiger partial charge on any atom is -0.493 e. The average molecular weight is 409 g/mol. The first-order valence-corrected chi connectivity index (χ1v) is 9.69. The van der Waals surface area contributed by atoms with Gasteiger partial charge in [-0.15, -0.1) is 10.2 Å². The molecule has 2 aromatic heterocycles. The molecule has 0 aliphatic rings. The summed E-state index contributed by atoms with van der Waals surface area (Å²) in [5.74, 6) is 1.68. The number of rotatable bonds is 6. The van der Waals surface area contributed by atoms with Gasteiger partial charge in [0.25, 0.3) is 5.91 Å². The number of methoxy groups -OCH3 is 2. The Kier molecular flexibility index (Phi) is 5.13. The van der Waals surface area contributed by atoms with Crippen molar-refractivity contribution in [3.63, 3.8) is 0 Å². The molecule has 0 radical (unpaired) electrons. The van der Waals surface area contributed by atoms with E-state index in [4.69, 9.17) is 9.47 Å². The number of ether oxygens (including phenoxy) is 2. The largest absolute Gasteiger partial charge is 0.493 e. The highest BCUT2D eigenvalue weighted by Gasteiger charge is 2.12. The Morgan fingerprint density at radius 3 is 2.52 bits per heavy atom. The van der Waals surface area contributed by atoms with Crippen molar-refractivity contribution >= 4 is 22.2 Å². The SMILES string of the molecule is COc1ccc(C(=O)NCc2ccc(-c3nn4c(C)nnc4s3)cc2)cc1OC. The van der Waals surface area contributed by atoms with Crippen LogP contribution in [0.3, 0.4) is 0 Å². The zero-order valence-corrected chi connectivity index (χ0v) is 17.0. The molecule has 0 saturated heterocycles. The maximum atomic E-state index is 12.4. The van der Waals surface area contributed by atoms with Crippen LogP contribution in [0.2, 0.25) is 0 Å². The molecule has 0 atom stereocenters. The lowest BCUT2D eigenvalue weighted by atomic mass is 10.1. The van der Waals surface area contributed by atoms with Crippen LogP contribution in [0, 0.1) is 6.92 Å². The number of fused-ring (bicyclic) bond motifs is 1. The molecule has 2 heterocycles. The van der Waals surface area contributed by atoms with Crippen molar-refractivity contribution in [3.05, 3.63) is 59.4 Å². The molecule has 2 aromatic carbocycles. The summed E-state index contributed by atoms with van der Waals surface area (Å²) in [7, 11) is 3.10. The predicted octanol–water partition coefficient (Wildman–Crippen LogP) is 3.11. The fraction of sp³-hybridized carbons (Fsp3) is 0.200. The van der Waals surface area contributed by atoms with Crippen molar-refractivity contribution < 1.29 is 14.3 Å². The number of aryl methyl sites for hydroxylation is 1. The number of nitrogens with one attached hydrogen (secondary N) is 1. The van der Waals surface area contributed by atoms with E-state index in [2.05, 4.69) is 20.6 Å². The first-order chi connectivity index (χ1) is 14.1. The fourth-order valence-electron chi connectivity index (χ4n) is 2.86. The van der Waals surface area contributed by atoms with E-state index in [0.717, 1.165) is 26.9 Å². The van der Waals surface area contributed by atoms with Crippen LogP contribution in [-0.4, -0.2) is 39.9 Å². The van der Waals surface area contributed by atoms with Gasteiger partial charge in [-0.2, -0.15) is 9.61 Å². The molecule has 1 N–H and O–H groups in total. The molecule has 0 fully saturated rings. The maximum absolute atomic E-state index is 12.4. The molecule has 0 spiro atoms. The van der Waals surface area contributed by atoms with Crippen LogP contribution in [0.25, 0.3) is 15.5 Å². The monoisotopic (exact) mass is 409 g/mol. The molecule has 29 heavy (non-hydrogen) atoms. The van der Waals surface area contributed by atoms with Crippen LogP contribution >= 0.6 is 11.3 Å². The van der Waals surface area contributed by atoms with E-state index in [9.17, 15) is 4.79 Å². The van der Waals surface area contributed by atoms with Gasteiger partial charge in [0.05, 0.1) is 14.2 Å². The van der Waals surface area contributed by atoms with Gasteiger partial charge in [-0.05, 0) is 30.7 Å². The first kappa shape index (κ1) is 18.9. The van der Waals surface area contributed by atoms with Crippen LogP contribution in [0.15, 0.2) is 42.5 Å². The molecular formula is C20H19N5O3S. The molecule has 0 unspecified atom stereocenters. The number of hydrogen-bond donors (Lipinski definition) is 1. The highest BCUT2D eigenvalue weighted by atomic mass is 32.1. The second-order valence-electron chi connectivity index (χ2n) is 6.30. The molecule has 0 aliphatic heterocycles. The molecular weight excluding hydrogens is 390 g/mol. The smallest absolute Gasteiger partial charge is 0.251 e. The molecule has 1 amide bonds. The van der Waals surface area contributed by atoms with E-state index in [0.29, 0.717) is 23.6 Å². The summed E-state index contributed by atoms with van der Waals surface area (Å²) in [6.45, 7) is 2.28. The minimum absolute atomic E-state index is 0.181. The predicted molar refractivity (Wildman–Crippen MR) is 110 cm³/mol. The van der Waals surface area contributed by atoms with E-state index in [1.165, 1.54) is 11.3 Å². The summed E-state index contributed by atoms with van der Waals surface area (Å²) in [5.41, 5.74) is 2.49. The van der Waals surface area contributed by atoms with E-state index >= 15 is 0 Å². The van der Waals surface area contributed by atoms with Crippen molar-refractivity contribution in [3.8, 4) is 22.1 Å². The van der Waals surface area contributed by atoms with Gasteiger partial charge in [0.2, 0.25) is 4.96 Å². The van der Waals surface area contributed by atoms with Gasteiger partial charge in [-0.3, -0.25) is 4.79 Å². The lowest BCUT2D eigenvalue weighted by molar-refractivity contribution is 0.0950. The number of carbonyl (C=O) groups excluding carboxylic acids is 1. The third kappa shape index (κ3) is 3.77. The quantitative estimate of drug-likeness (QED) is 0.526. The molecule has 0 bridgehead atoms. The van der Waals surface area contributed by atoms with Gasteiger partial charge in [0, 0.05) is 17.7 Å². The van der Waals surface area contributed by atoms with E-state index in [1.807, 2.05) is 31.2 Å². The van der Waals surface area contributed by atoms with Crippen molar-refractivity contribution in [1.82, 2.24) is 25.1 Å². The summed E-state index contributed by atoms with van der Waals surface area (Å²) in [6, 6.07) is 13.0. The number of carbonyl (C=O) groups is 1. The zero-order chi connectivity index (χ0) is 20.4. The van der Waals surface area contributed by atoms with Gasteiger partial charge in [-0.1, -0.05) is 35.6 Å². The van der Waals surface area contributed by atoms with Crippen molar-refractivity contribution in [2.75, 3.05) is 14.2 Å². The van der Waals surface area contributed by atoms with Gasteiger partial charge in [-0.25, -0.2) is 0 Å². The Balaban J connectivity index is 1.43. The number of nitrogens with zero attached hydrogens (tertiary/aromatic N) is 4. The van der Waals surface area contributed by atoms with Gasteiger partial charge in [0.15, 0.2) is 17.3 Å². The summed E-state index contributed by atoms with van der Waals surface area (Å²) in [6.07, 6.45) is 0. The van der Waals surface area contributed by atoms with Crippen LogP contribution in [0.1, 0.15) is 21.7 Å². The summed E-state index contributed by atoms with van der Waals surface area (Å²) < 4.78 is 12.2. The van der Waals surface area contributed by atoms with Gasteiger partial charge >= 0.3 is 0 Å². The second-order valence-corrected chi connectivity index (χ2v) is 7.25. The standard InChI is InChI=1S/C20H19N5O3S/c1-12-22-23-20-25(12)24-19(29-20)14-6-4-13(5-7-14)11-21-18(26)15-8-9-16(27-2)17(10-15)28-3/h4-10H,11H2,1-3H3,(H,21,26). The molecule has 9 heteroatoms. The Morgan fingerprint density at radius 1 is 1.07 bits per heavy atom. The molecule has 8 nitrogen and oxygen atoms in total. The zero-order valence-electron chi connectivity index (χ0n) is 16.2. The van der Waals surface area contributed by atoms with Crippen molar-refractivity contribution in [1.29, 1.82) is 0 Å². The Hall–Kier alpha value is -3.46. The van der Waals surface area contributed by atoms with Crippen LogP contribution in [-0.2, 0) is 6.54 Å². The molecule has 4 aromatic rings. The van der Waals surface area contributed by atoms with Gasteiger partial charge in [0.1, 0.15) is 5.01 Å². The number of hydrogen-bond acceptors (Lipinski definition) is 7. The van der Waals surface area contributed by atoms with Crippen LogP contribution in [0.4, 0.5) is 0 Å². The average Bonchev–Trinajstić information content (AvgIpc) is 3.34. The van der Waals surface area contributed by atoms with E-state index in [1.54, 1.807) is 36.9 Å². The maximum Gasteiger partial charge on any atom is 0.251 e. The van der Waals surface area contributed by atoms with Crippen LogP contribution < -0.4 is 14.8 Å². The second kappa shape index (κ2) is 7.88. The Morgan fingerprint density at radius 2 is 1.83 bits per heavy atom. The highest BCUT2D eigenvalue weighted by molar-refractivity contribution is 7.19. The van der Waals surface area contributed by atoms with E-state index in [-0.39, 0.29) is 5.91 Å². The van der Waals surface area contributed by atoms with E-state index < -0.39 is 0 Å². The Bertz CT molecular complexity index is 1170. The molecule has 0 saturated carbocycles. The third-order valence-electron chi connectivity index (χ3n) is 4.45. The summed E-state index contributed by atoms with van der Waals surface area (Å²) in [5, 5.41) is 16.4. The fourth-order valence-corrected chi connectivity index (χ4v) is 3.75. The number of benzene rings is 2. The Labute approximate surface area is 171 Å². The van der Waals surface area contributed by atoms with Crippen molar-refractivity contribution in [2.45, 2.75) is 13.5 Å². The summed E-state index contributed by atoms with van der Waals surface area (Å²) in [4.78, 5) is 13.2.